The van der Waals surface area contributed by atoms with Crippen molar-refractivity contribution in [1.82, 2.24) is 20.7 Å². The van der Waals surface area contributed by atoms with Gasteiger partial charge in [-0.2, -0.15) is 5.01 Å². The Morgan fingerprint density at radius 1 is 1.16 bits per heavy atom. The molecule has 0 radical (unpaired) electrons. The Bertz CT molecular complexity index is 867. The van der Waals surface area contributed by atoms with Crippen molar-refractivity contribution in [2.45, 2.75) is 56.5 Å². The number of carbonyl (C=O) groups excluding carboxylic acids is 3. The standard InChI is InChI=1S/C22H30N4O5/c1-30-15-8-9-18(31-2)16(13-15)17-7-6-12-25(17)14-19(27)24-26-20(28)22(23-21(26)29)10-4-3-5-11-22/h8-9,13,17H,3-7,10-12,14H2,1-2H3,(H,23,29)(H,24,27)/t17-/m0/s1. The van der Waals surface area contributed by atoms with E-state index < -0.39 is 11.6 Å². The minimum Gasteiger partial charge on any atom is -0.497 e. The van der Waals surface area contributed by atoms with Crippen LogP contribution in [0.1, 0.15) is 56.6 Å². The van der Waals surface area contributed by atoms with E-state index in [4.69, 9.17) is 9.47 Å². The van der Waals surface area contributed by atoms with E-state index in [1.165, 1.54) is 0 Å². The summed E-state index contributed by atoms with van der Waals surface area (Å²) in [4.78, 5) is 40.1. The van der Waals surface area contributed by atoms with Crippen LogP contribution in [0.5, 0.6) is 11.5 Å². The lowest BCUT2D eigenvalue weighted by Gasteiger charge is -2.30. The molecule has 2 saturated heterocycles. The molecule has 4 amide bonds. The Kier molecular flexibility index (Phi) is 6.04. The molecule has 31 heavy (non-hydrogen) atoms. The number of urea groups is 1. The number of methoxy groups -OCH3 is 2. The monoisotopic (exact) mass is 430 g/mol. The van der Waals surface area contributed by atoms with Crippen molar-refractivity contribution in [2.75, 3.05) is 27.3 Å². The largest absolute Gasteiger partial charge is 0.497 e. The Labute approximate surface area is 182 Å². The zero-order chi connectivity index (χ0) is 22.0. The molecule has 0 unspecified atom stereocenters. The van der Waals surface area contributed by atoms with Gasteiger partial charge >= 0.3 is 6.03 Å². The third-order valence-electron chi connectivity index (χ3n) is 6.61. The number of carbonyl (C=O) groups is 3. The van der Waals surface area contributed by atoms with Crippen LogP contribution in [-0.4, -0.2) is 60.6 Å². The topological polar surface area (TPSA) is 100 Å². The fraction of sp³-hybridized carbons (Fsp3) is 0.591. The van der Waals surface area contributed by atoms with E-state index in [1.54, 1.807) is 14.2 Å². The number of hydrogen-bond acceptors (Lipinski definition) is 6. The van der Waals surface area contributed by atoms with E-state index in [9.17, 15) is 14.4 Å². The molecular weight excluding hydrogens is 400 g/mol. The first-order chi connectivity index (χ1) is 15.0. The van der Waals surface area contributed by atoms with Gasteiger partial charge in [0, 0.05) is 11.6 Å². The number of likely N-dealkylation sites (tertiary alicyclic amines) is 1. The quantitative estimate of drug-likeness (QED) is 0.671. The predicted molar refractivity (Wildman–Crippen MR) is 112 cm³/mol. The highest BCUT2D eigenvalue weighted by Gasteiger charge is 2.52. The molecule has 3 aliphatic rings. The van der Waals surface area contributed by atoms with Crippen LogP contribution in [0.25, 0.3) is 0 Å². The smallest absolute Gasteiger partial charge is 0.344 e. The number of rotatable bonds is 6. The molecule has 168 valence electrons. The van der Waals surface area contributed by atoms with E-state index >= 15 is 0 Å². The van der Waals surface area contributed by atoms with Gasteiger partial charge in [0.2, 0.25) is 0 Å². The number of ether oxygens (including phenoxy) is 2. The normalized spacial score (nSPS) is 23.2. The number of nitrogens with zero attached hydrogens (tertiary/aromatic N) is 2. The molecule has 0 aromatic heterocycles. The molecule has 4 rings (SSSR count). The summed E-state index contributed by atoms with van der Waals surface area (Å²) >= 11 is 0. The molecule has 1 saturated carbocycles. The third kappa shape index (κ3) is 4.06. The summed E-state index contributed by atoms with van der Waals surface area (Å²) in [5.74, 6) is 0.735. The van der Waals surface area contributed by atoms with Gasteiger partial charge in [-0.15, -0.1) is 0 Å². The van der Waals surface area contributed by atoms with Gasteiger partial charge in [-0.05, 0) is 50.4 Å². The minimum absolute atomic E-state index is 0.0106. The maximum absolute atomic E-state index is 12.9. The first-order valence-electron chi connectivity index (χ1n) is 10.9. The van der Waals surface area contributed by atoms with Crippen LogP contribution in [0.3, 0.4) is 0 Å². The molecule has 2 N–H and O–H groups in total. The van der Waals surface area contributed by atoms with Gasteiger partial charge in [0.25, 0.3) is 11.8 Å². The van der Waals surface area contributed by atoms with Crippen LogP contribution < -0.4 is 20.2 Å². The zero-order valence-electron chi connectivity index (χ0n) is 18.1. The van der Waals surface area contributed by atoms with Gasteiger partial charge in [0.15, 0.2) is 0 Å². The highest BCUT2D eigenvalue weighted by Crippen LogP contribution is 2.39. The molecule has 1 aromatic rings. The molecule has 9 nitrogen and oxygen atoms in total. The number of hydrogen-bond donors (Lipinski definition) is 2. The highest BCUT2D eigenvalue weighted by atomic mass is 16.5. The fourth-order valence-electron chi connectivity index (χ4n) is 5.03. The second-order valence-electron chi connectivity index (χ2n) is 8.48. The second kappa shape index (κ2) is 8.74. The summed E-state index contributed by atoms with van der Waals surface area (Å²) in [5, 5.41) is 3.68. The first-order valence-corrected chi connectivity index (χ1v) is 10.9. The fourth-order valence-corrected chi connectivity index (χ4v) is 5.03. The molecule has 0 bridgehead atoms. The van der Waals surface area contributed by atoms with Crippen molar-refractivity contribution in [2.24, 2.45) is 0 Å². The lowest BCUT2D eigenvalue weighted by atomic mass is 9.82. The number of benzene rings is 1. The summed E-state index contributed by atoms with van der Waals surface area (Å²) in [5.41, 5.74) is 2.64. The molecule has 1 spiro atoms. The molecule has 2 aliphatic heterocycles. The number of nitrogens with one attached hydrogen (secondary N) is 2. The van der Waals surface area contributed by atoms with E-state index in [0.29, 0.717) is 12.8 Å². The summed E-state index contributed by atoms with van der Waals surface area (Å²) in [6.45, 7) is 0.817. The Morgan fingerprint density at radius 2 is 1.94 bits per heavy atom. The average Bonchev–Trinajstić information content (AvgIpc) is 3.32. The minimum atomic E-state index is -0.854. The maximum Gasteiger partial charge on any atom is 0.344 e. The second-order valence-corrected chi connectivity index (χ2v) is 8.48. The summed E-state index contributed by atoms with van der Waals surface area (Å²) < 4.78 is 10.9. The molecule has 9 heteroatoms. The van der Waals surface area contributed by atoms with E-state index in [2.05, 4.69) is 10.7 Å². The van der Waals surface area contributed by atoms with E-state index in [0.717, 1.165) is 60.7 Å². The van der Waals surface area contributed by atoms with Gasteiger partial charge in [0.05, 0.1) is 20.8 Å². The summed E-state index contributed by atoms with van der Waals surface area (Å²) in [6.07, 6.45) is 5.90. The van der Waals surface area contributed by atoms with Gasteiger partial charge in [-0.3, -0.25) is 19.9 Å². The maximum atomic E-state index is 12.9. The van der Waals surface area contributed by atoms with E-state index in [1.807, 2.05) is 23.1 Å². The number of hydrazine groups is 1. The van der Waals surface area contributed by atoms with Crippen molar-refractivity contribution >= 4 is 17.8 Å². The summed E-state index contributed by atoms with van der Waals surface area (Å²) in [6, 6.07) is 5.08. The molecule has 1 atom stereocenters. The Balaban J connectivity index is 1.44. The van der Waals surface area contributed by atoms with Crippen LogP contribution in [0.4, 0.5) is 4.79 Å². The lowest BCUT2D eigenvalue weighted by Crippen LogP contribution is -2.52. The van der Waals surface area contributed by atoms with Gasteiger partial charge < -0.3 is 14.8 Å². The SMILES string of the molecule is COc1ccc(OC)c([C@@H]2CCCN2CC(=O)NN2C(=O)NC3(CCCCC3)C2=O)c1. The molecular formula is C22H30N4O5. The Morgan fingerprint density at radius 3 is 2.65 bits per heavy atom. The van der Waals surface area contributed by atoms with E-state index in [-0.39, 0.29) is 24.4 Å². The van der Waals surface area contributed by atoms with Gasteiger partial charge in [-0.1, -0.05) is 19.3 Å². The van der Waals surface area contributed by atoms with Crippen LogP contribution in [0, 0.1) is 0 Å². The average molecular weight is 431 g/mol. The molecule has 2 heterocycles. The number of amides is 4. The van der Waals surface area contributed by atoms with Crippen LogP contribution >= 0.6 is 0 Å². The third-order valence-corrected chi connectivity index (χ3v) is 6.61. The highest BCUT2D eigenvalue weighted by molar-refractivity contribution is 6.08. The van der Waals surface area contributed by atoms with Crippen molar-refractivity contribution in [3.63, 3.8) is 0 Å². The van der Waals surface area contributed by atoms with Crippen molar-refractivity contribution in [3.8, 4) is 11.5 Å². The van der Waals surface area contributed by atoms with Crippen molar-refractivity contribution in [1.29, 1.82) is 0 Å². The Hall–Kier alpha value is -2.81. The van der Waals surface area contributed by atoms with Crippen molar-refractivity contribution < 1.29 is 23.9 Å². The van der Waals surface area contributed by atoms with Crippen molar-refractivity contribution in [3.05, 3.63) is 23.8 Å². The molecule has 1 aromatic carbocycles. The number of imide groups is 1. The molecule has 1 aliphatic carbocycles. The van der Waals surface area contributed by atoms with Crippen LogP contribution in [0.15, 0.2) is 18.2 Å². The first kappa shape index (κ1) is 21.4. The van der Waals surface area contributed by atoms with Crippen LogP contribution in [0.2, 0.25) is 0 Å². The summed E-state index contributed by atoms with van der Waals surface area (Å²) in [7, 11) is 3.23. The molecule has 3 fully saturated rings. The zero-order valence-corrected chi connectivity index (χ0v) is 18.1. The van der Waals surface area contributed by atoms with Crippen LogP contribution in [-0.2, 0) is 9.59 Å². The van der Waals surface area contributed by atoms with Gasteiger partial charge in [-0.25, -0.2) is 4.79 Å². The van der Waals surface area contributed by atoms with Gasteiger partial charge in [0.1, 0.15) is 17.0 Å². The predicted octanol–water partition coefficient (Wildman–Crippen LogP) is 2.13. The lowest BCUT2D eigenvalue weighted by molar-refractivity contribution is -0.140.